The van der Waals surface area contributed by atoms with Crippen LogP contribution >= 0.6 is 0 Å². The number of aliphatic carboxylic acids is 1. The van der Waals surface area contributed by atoms with Gasteiger partial charge in [0.25, 0.3) is 0 Å². The van der Waals surface area contributed by atoms with E-state index in [0.29, 0.717) is 19.4 Å². The van der Waals surface area contributed by atoms with Crippen molar-refractivity contribution in [3.05, 3.63) is 29.3 Å². The Morgan fingerprint density at radius 2 is 2.13 bits per heavy atom. The second kappa shape index (κ2) is 6.89. The van der Waals surface area contributed by atoms with Crippen LogP contribution in [-0.4, -0.2) is 35.4 Å². The van der Waals surface area contributed by atoms with Gasteiger partial charge in [-0.05, 0) is 50.8 Å². The topological polar surface area (TPSA) is 84.9 Å². The van der Waals surface area contributed by atoms with Crippen molar-refractivity contribution in [2.45, 2.75) is 51.7 Å². The molecule has 2 rings (SSSR count). The normalized spacial score (nSPS) is 14.6. The van der Waals surface area contributed by atoms with E-state index in [-0.39, 0.29) is 0 Å². The summed E-state index contributed by atoms with van der Waals surface area (Å²) in [5.41, 5.74) is 1.52. The lowest BCUT2D eigenvalue weighted by atomic mass is 10.0. The highest BCUT2D eigenvalue weighted by molar-refractivity contribution is 5.80. The Bertz CT molecular complexity index is 591. The van der Waals surface area contributed by atoms with E-state index in [4.69, 9.17) is 9.47 Å². The largest absolute Gasteiger partial charge is 0.493 e. The van der Waals surface area contributed by atoms with Crippen LogP contribution in [0.1, 0.15) is 38.3 Å². The second-order valence-electron chi connectivity index (χ2n) is 6.62. The molecule has 0 fully saturated rings. The number of amides is 1. The van der Waals surface area contributed by atoms with Crippen molar-refractivity contribution in [3.63, 3.8) is 0 Å². The number of alkyl carbamates (subject to hydrolysis) is 1. The number of carbonyl (C=O) groups is 2. The van der Waals surface area contributed by atoms with E-state index in [1.165, 1.54) is 0 Å². The fourth-order valence-electron chi connectivity index (χ4n) is 2.41. The third kappa shape index (κ3) is 5.16. The highest BCUT2D eigenvalue weighted by Gasteiger charge is 2.24. The van der Waals surface area contributed by atoms with Crippen molar-refractivity contribution in [2.24, 2.45) is 0 Å². The number of ether oxygens (including phenoxy) is 2. The molecule has 0 saturated heterocycles. The standard InChI is InChI=1S/C17H23NO5/c1-17(2,3)23-16(21)18-13(15(19)20)6-4-11-5-7-14-12(10-11)8-9-22-14/h5,7,10,13H,4,6,8-9H2,1-3H3,(H,18,21)(H,19,20)/t13-/m0/s1. The van der Waals surface area contributed by atoms with Gasteiger partial charge >= 0.3 is 12.1 Å². The number of rotatable bonds is 5. The zero-order valence-corrected chi connectivity index (χ0v) is 13.7. The minimum atomic E-state index is -1.07. The number of benzene rings is 1. The number of fused-ring (bicyclic) bond motifs is 1. The molecule has 0 aromatic heterocycles. The van der Waals surface area contributed by atoms with Crippen LogP contribution in [0.5, 0.6) is 5.75 Å². The average molecular weight is 321 g/mol. The SMILES string of the molecule is CC(C)(C)OC(=O)N[C@@H](CCc1ccc2c(c1)CCO2)C(=O)O. The Morgan fingerprint density at radius 3 is 2.78 bits per heavy atom. The molecular weight excluding hydrogens is 298 g/mol. The van der Waals surface area contributed by atoms with Gasteiger partial charge in [0.05, 0.1) is 6.61 Å². The number of hydrogen-bond donors (Lipinski definition) is 2. The zero-order chi connectivity index (χ0) is 17.0. The molecule has 1 aliphatic heterocycles. The molecule has 23 heavy (non-hydrogen) atoms. The summed E-state index contributed by atoms with van der Waals surface area (Å²) in [5, 5.41) is 11.7. The summed E-state index contributed by atoms with van der Waals surface area (Å²) in [6.07, 6.45) is 1.02. The Hall–Kier alpha value is -2.24. The first kappa shape index (κ1) is 17.1. The molecule has 1 amide bonds. The second-order valence-corrected chi connectivity index (χ2v) is 6.62. The summed E-state index contributed by atoms with van der Waals surface area (Å²) in [4.78, 5) is 23.0. The highest BCUT2D eigenvalue weighted by Crippen LogP contribution is 2.26. The summed E-state index contributed by atoms with van der Waals surface area (Å²) in [7, 11) is 0. The van der Waals surface area contributed by atoms with Gasteiger partial charge in [0, 0.05) is 6.42 Å². The number of carbonyl (C=O) groups excluding carboxylic acids is 1. The maximum absolute atomic E-state index is 11.7. The fourth-order valence-corrected chi connectivity index (χ4v) is 2.41. The van der Waals surface area contributed by atoms with Crippen LogP contribution in [0.25, 0.3) is 0 Å². The summed E-state index contributed by atoms with van der Waals surface area (Å²) < 4.78 is 10.5. The molecule has 0 radical (unpaired) electrons. The van der Waals surface area contributed by atoms with Gasteiger partial charge in [0.2, 0.25) is 0 Å². The predicted octanol–water partition coefficient (Wildman–Crippen LogP) is 2.53. The Kier molecular flexibility index (Phi) is 5.13. The molecule has 0 aliphatic carbocycles. The van der Waals surface area contributed by atoms with E-state index in [1.54, 1.807) is 20.8 Å². The summed E-state index contributed by atoms with van der Waals surface area (Å²) in [6, 6.07) is 4.90. The van der Waals surface area contributed by atoms with Gasteiger partial charge in [-0.1, -0.05) is 12.1 Å². The molecule has 1 heterocycles. The smallest absolute Gasteiger partial charge is 0.408 e. The van der Waals surface area contributed by atoms with Crippen LogP contribution < -0.4 is 10.1 Å². The third-order valence-electron chi connectivity index (χ3n) is 3.46. The van der Waals surface area contributed by atoms with Crippen LogP contribution in [0.4, 0.5) is 4.79 Å². The molecule has 6 heteroatoms. The Morgan fingerprint density at radius 1 is 1.39 bits per heavy atom. The molecule has 126 valence electrons. The molecule has 1 aromatic carbocycles. The summed E-state index contributed by atoms with van der Waals surface area (Å²) >= 11 is 0. The van der Waals surface area contributed by atoms with Crippen LogP contribution in [-0.2, 0) is 22.4 Å². The van der Waals surface area contributed by atoms with Crippen molar-refractivity contribution in [1.29, 1.82) is 0 Å². The molecule has 0 bridgehead atoms. The third-order valence-corrected chi connectivity index (χ3v) is 3.46. The van der Waals surface area contributed by atoms with Crippen LogP contribution in [0, 0.1) is 0 Å². The monoisotopic (exact) mass is 321 g/mol. The van der Waals surface area contributed by atoms with Gasteiger partial charge in [0.15, 0.2) is 0 Å². The van der Waals surface area contributed by atoms with Gasteiger partial charge in [-0.25, -0.2) is 9.59 Å². The summed E-state index contributed by atoms with van der Waals surface area (Å²) in [6.45, 7) is 5.88. The zero-order valence-electron chi connectivity index (χ0n) is 13.7. The van der Waals surface area contributed by atoms with E-state index in [2.05, 4.69) is 5.32 Å². The number of nitrogens with one attached hydrogen (secondary N) is 1. The van der Waals surface area contributed by atoms with Gasteiger partial charge < -0.3 is 19.9 Å². The quantitative estimate of drug-likeness (QED) is 0.870. The molecule has 0 saturated carbocycles. The number of carboxylic acid groups (broad SMARTS) is 1. The van der Waals surface area contributed by atoms with Crippen molar-refractivity contribution in [2.75, 3.05) is 6.61 Å². The van der Waals surface area contributed by atoms with E-state index >= 15 is 0 Å². The van der Waals surface area contributed by atoms with Crippen molar-refractivity contribution >= 4 is 12.1 Å². The van der Waals surface area contributed by atoms with E-state index in [0.717, 1.165) is 23.3 Å². The first-order chi connectivity index (χ1) is 10.7. The molecular formula is C17H23NO5. The Labute approximate surface area is 135 Å². The molecule has 2 N–H and O–H groups in total. The maximum atomic E-state index is 11.7. The predicted molar refractivity (Wildman–Crippen MR) is 84.8 cm³/mol. The van der Waals surface area contributed by atoms with Crippen molar-refractivity contribution in [1.82, 2.24) is 5.32 Å². The molecule has 1 aromatic rings. The maximum Gasteiger partial charge on any atom is 0.408 e. The van der Waals surface area contributed by atoms with Crippen LogP contribution in [0.2, 0.25) is 0 Å². The van der Waals surface area contributed by atoms with Crippen molar-refractivity contribution in [3.8, 4) is 5.75 Å². The molecule has 1 aliphatic rings. The van der Waals surface area contributed by atoms with Gasteiger partial charge in [-0.2, -0.15) is 0 Å². The molecule has 1 atom stereocenters. The van der Waals surface area contributed by atoms with Crippen LogP contribution in [0.3, 0.4) is 0 Å². The number of carboxylic acids is 1. The van der Waals surface area contributed by atoms with Gasteiger partial charge in [-0.15, -0.1) is 0 Å². The minimum Gasteiger partial charge on any atom is -0.493 e. The summed E-state index contributed by atoms with van der Waals surface area (Å²) in [5.74, 6) is -0.171. The minimum absolute atomic E-state index is 0.300. The van der Waals surface area contributed by atoms with Gasteiger partial charge in [-0.3, -0.25) is 0 Å². The van der Waals surface area contributed by atoms with Crippen LogP contribution in [0.15, 0.2) is 18.2 Å². The lowest BCUT2D eigenvalue weighted by Gasteiger charge is -2.22. The Balaban J connectivity index is 1.92. The first-order valence-corrected chi connectivity index (χ1v) is 7.71. The highest BCUT2D eigenvalue weighted by atomic mass is 16.6. The molecule has 6 nitrogen and oxygen atoms in total. The van der Waals surface area contributed by atoms with E-state index < -0.39 is 23.7 Å². The van der Waals surface area contributed by atoms with Crippen molar-refractivity contribution < 1.29 is 24.2 Å². The first-order valence-electron chi connectivity index (χ1n) is 7.71. The van der Waals surface area contributed by atoms with Gasteiger partial charge in [0.1, 0.15) is 17.4 Å². The fraction of sp³-hybridized carbons (Fsp3) is 0.529. The van der Waals surface area contributed by atoms with E-state index in [1.807, 2.05) is 18.2 Å². The number of hydrogen-bond acceptors (Lipinski definition) is 4. The number of aryl methyl sites for hydroxylation is 1. The molecule has 0 spiro atoms. The van der Waals surface area contributed by atoms with E-state index in [9.17, 15) is 14.7 Å². The lowest BCUT2D eigenvalue weighted by molar-refractivity contribution is -0.139. The lowest BCUT2D eigenvalue weighted by Crippen LogP contribution is -2.43. The molecule has 0 unspecified atom stereocenters. The average Bonchev–Trinajstić information content (AvgIpc) is 2.88.